The van der Waals surface area contributed by atoms with Crippen LogP contribution in [0.15, 0.2) is 24.5 Å². The van der Waals surface area contributed by atoms with Crippen molar-refractivity contribution in [1.29, 1.82) is 5.26 Å². The van der Waals surface area contributed by atoms with Crippen LogP contribution in [0, 0.1) is 23.0 Å². The summed E-state index contributed by atoms with van der Waals surface area (Å²) in [6.45, 7) is 1.94. The van der Waals surface area contributed by atoms with Crippen molar-refractivity contribution in [1.82, 2.24) is 9.97 Å². The molecule has 0 unspecified atom stereocenters. The Labute approximate surface area is 137 Å². The van der Waals surface area contributed by atoms with Crippen molar-refractivity contribution >= 4 is 11.5 Å². The van der Waals surface area contributed by atoms with Crippen LogP contribution < -0.4 is 14.5 Å². The summed E-state index contributed by atoms with van der Waals surface area (Å²) in [4.78, 5) is 12.0. The highest BCUT2D eigenvalue weighted by Crippen LogP contribution is 2.27. The summed E-state index contributed by atoms with van der Waals surface area (Å²) in [5.41, 5.74) is -0.121. The van der Waals surface area contributed by atoms with Crippen molar-refractivity contribution in [3.05, 3.63) is 41.7 Å². The second-order valence-corrected chi connectivity index (χ2v) is 5.29. The molecule has 24 heavy (non-hydrogen) atoms. The van der Waals surface area contributed by atoms with Gasteiger partial charge >= 0.3 is 0 Å². The molecule has 124 valence electrons. The summed E-state index contributed by atoms with van der Waals surface area (Å²) in [5.74, 6) is -0.365. The van der Waals surface area contributed by atoms with Gasteiger partial charge in [0.2, 0.25) is 5.88 Å². The fourth-order valence-electron chi connectivity index (χ4n) is 2.68. The van der Waals surface area contributed by atoms with Crippen LogP contribution in [-0.4, -0.2) is 43.3 Å². The lowest BCUT2D eigenvalue weighted by molar-refractivity contribution is 0.395. The molecule has 6 nitrogen and oxygen atoms in total. The number of hydrogen-bond acceptors (Lipinski definition) is 6. The third-order valence-corrected chi connectivity index (χ3v) is 3.87. The van der Waals surface area contributed by atoms with E-state index in [1.54, 1.807) is 17.2 Å². The first-order chi connectivity index (χ1) is 11.6. The lowest BCUT2D eigenvalue weighted by Gasteiger charge is -2.36. The maximum Gasteiger partial charge on any atom is 0.233 e. The number of nitriles is 1. The molecule has 0 aliphatic carbocycles. The number of benzene rings is 1. The van der Waals surface area contributed by atoms with E-state index in [4.69, 9.17) is 10.00 Å². The Morgan fingerprint density at radius 1 is 1.08 bits per heavy atom. The molecule has 1 saturated heterocycles. The standard InChI is InChI=1S/C16H15F2N5O/c1-24-15-10-20-9-14(21-15)22-2-4-23(5-3-22)16-12(17)6-11(8-19)7-13(16)18/h6-7,9-10H,2-5H2,1H3. The van der Waals surface area contributed by atoms with Gasteiger partial charge in [0.05, 0.1) is 31.1 Å². The topological polar surface area (TPSA) is 65.3 Å². The highest BCUT2D eigenvalue weighted by Gasteiger charge is 2.24. The van der Waals surface area contributed by atoms with Crippen molar-refractivity contribution in [2.45, 2.75) is 0 Å². The number of rotatable bonds is 3. The number of hydrogen-bond donors (Lipinski definition) is 0. The van der Waals surface area contributed by atoms with Gasteiger partial charge in [-0.3, -0.25) is 4.98 Å². The molecule has 0 radical (unpaired) electrons. The molecular weight excluding hydrogens is 316 g/mol. The van der Waals surface area contributed by atoms with E-state index in [1.165, 1.54) is 13.3 Å². The first kappa shape index (κ1) is 15.9. The lowest BCUT2D eigenvalue weighted by Crippen LogP contribution is -2.47. The smallest absolute Gasteiger partial charge is 0.233 e. The van der Waals surface area contributed by atoms with Crippen LogP contribution in [0.25, 0.3) is 0 Å². The predicted octanol–water partition coefficient (Wildman–Crippen LogP) is 1.96. The maximum absolute atomic E-state index is 14.1. The van der Waals surface area contributed by atoms with Crippen molar-refractivity contribution in [2.24, 2.45) is 0 Å². The number of anilines is 2. The van der Waals surface area contributed by atoms with Gasteiger partial charge in [-0.1, -0.05) is 0 Å². The van der Waals surface area contributed by atoms with Gasteiger partial charge in [-0.25, -0.2) is 8.78 Å². The molecule has 3 rings (SSSR count). The minimum Gasteiger partial charge on any atom is -0.480 e. The van der Waals surface area contributed by atoms with E-state index < -0.39 is 11.6 Å². The second-order valence-electron chi connectivity index (χ2n) is 5.29. The Morgan fingerprint density at radius 2 is 1.71 bits per heavy atom. The van der Waals surface area contributed by atoms with Crippen LogP contribution in [0.3, 0.4) is 0 Å². The lowest BCUT2D eigenvalue weighted by atomic mass is 10.1. The predicted molar refractivity (Wildman–Crippen MR) is 84.1 cm³/mol. The molecule has 0 atom stereocenters. The third-order valence-electron chi connectivity index (χ3n) is 3.87. The fraction of sp³-hybridized carbons (Fsp3) is 0.312. The van der Waals surface area contributed by atoms with Crippen LogP contribution in [0.2, 0.25) is 0 Å². The summed E-state index contributed by atoms with van der Waals surface area (Å²) in [6, 6.07) is 3.85. The molecule has 0 bridgehead atoms. The Bertz CT molecular complexity index is 761. The van der Waals surface area contributed by atoms with Crippen molar-refractivity contribution in [3.8, 4) is 11.9 Å². The van der Waals surface area contributed by atoms with E-state index >= 15 is 0 Å². The summed E-state index contributed by atoms with van der Waals surface area (Å²) in [7, 11) is 1.52. The Hall–Kier alpha value is -2.95. The number of halogens is 2. The molecule has 2 heterocycles. The van der Waals surface area contributed by atoms with Gasteiger partial charge in [-0.15, -0.1) is 0 Å². The first-order valence-electron chi connectivity index (χ1n) is 7.37. The van der Waals surface area contributed by atoms with E-state index in [0.29, 0.717) is 37.9 Å². The molecule has 1 aliphatic heterocycles. The van der Waals surface area contributed by atoms with Crippen LogP contribution in [0.5, 0.6) is 5.88 Å². The first-order valence-corrected chi connectivity index (χ1v) is 7.37. The average Bonchev–Trinajstić information content (AvgIpc) is 2.61. The van der Waals surface area contributed by atoms with Gasteiger partial charge in [0.15, 0.2) is 17.5 Å². The normalized spacial score (nSPS) is 14.4. The van der Waals surface area contributed by atoms with E-state index in [9.17, 15) is 8.78 Å². The van der Waals surface area contributed by atoms with Gasteiger partial charge < -0.3 is 14.5 Å². The zero-order chi connectivity index (χ0) is 17.1. The molecule has 8 heteroatoms. The van der Waals surface area contributed by atoms with Gasteiger partial charge in [0.1, 0.15) is 5.69 Å². The molecule has 0 amide bonds. The molecular formula is C16H15F2N5O. The molecule has 1 fully saturated rings. The SMILES string of the molecule is COc1cncc(N2CCN(c3c(F)cc(C#N)cc3F)CC2)n1. The number of nitrogens with zero attached hydrogens (tertiary/aromatic N) is 5. The number of aromatic nitrogens is 2. The molecule has 1 aliphatic rings. The van der Waals surface area contributed by atoms with Crippen molar-refractivity contribution in [2.75, 3.05) is 43.1 Å². The highest BCUT2D eigenvalue weighted by atomic mass is 19.1. The van der Waals surface area contributed by atoms with Gasteiger partial charge in [-0.05, 0) is 12.1 Å². The maximum atomic E-state index is 14.1. The Balaban J connectivity index is 1.75. The third kappa shape index (κ3) is 3.06. The highest BCUT2D eigenvalue weighted by molar-refractivity contribution is 5.54. The number of piperazine rings is 1. The minimum atomic E-state index is -0.721. The molecule has 0 N–H and O–H groups in total. The quantitative estimate of drug-likeness (QED) is 0.857. The fourth-order valence-corrected chi connectivity index (χ4v) is 2.68. The molecule has 0 spiro atoms. The van der Waals surface area contributed by atoms with Crippen LogP contribution in [0.1, 0.15) is 5.56 Å². The largest absolute Gasteiger partial charge is 0.480 e. The van der Waals surface area contributed by atoms with Gasteiger partial charge in [-0.2, -0.15) is 10.2 Å². The van der Waals surface area contributed by atoms with E-state index in [0.717, 1.165) is 12.1 Å². The average molecular weight is 331 g/mol. The summed E-state index contributed by atoms with van der Waals surface area (Å²) in [5, 5.41) is 8.76. The van der Waals surface area contributed by atoms with Gasteiger partial charge in [0.25, 0.3) is 0 Å². The van der Waals surface area contributed by atoms with Crippen LogP contribution in [-0.2, 0) is 0 Å². The Morgan fingerprint density at radius 3 is 2.29 bits per heavy atom. The number of methoxy groups -OCH3 is 1. The second kappa shape index (κ2) is 6.66. The van der Waals surface area contributed by atoms with Crippen molar-refractivity contribution < 1.29 is 13.5 Å². The van der Waals surface area contributed by atoms with E-state index in [1.807, 2.05) is 4.90 Å². The molecule has 1 aromatic heterocycles. The van der Waals surface area contributed by atoms with Gasteiger partial charge in [0, 0.05) is 26.2 Å². The zero-order valence-corrected chi connectivity index (χ0v) is 13.0. The summed E-state index contributed by atoms with van der Waals surface area (Å²) >= 11 is 0. The summed E-state index contributed by atoms with van der Waals surface area (Å²) < 4.78 is 33.3. The van der Waals surface area contributed by atoms with Crippen LogP contribution in [0.4, 0.5) is 20.3 Å². The monoisotopic (exact) mass is 331 g/mol. The molecule has 2 aromatic rings. The van der Waals surface area contributed by atoms with Crippen molar-refractivity contribution in [3.63, 3.8) is 0 Å². The van der Waals surface area contributed by atoms with E-state index in [-0.39, 0.29) is 11.3 Å². The minimum absolute atomic E-state index is 0.0287. The zero-order valence-electron chi connectivity index (χ0n) is 13.0. The van der Waals surface area contributed by atoms with E-state index in [2.05, 4.69) is 9.97 Å². The molecule has 1 aromatic carbocycles. The van der Waals surface area contributed by atoms with Crippen LogP contribution >= 0.6 is 0 Å². The number of ether oxygens (including phenoxy) is 1. The Kier molecular flexibility index (Phi) is 4.42. The summed E-state index contributed by atoms with van der Waals surface area (Å²) in [6.07, 6.45) is 3.14. The molecule has 0 saturated carbocycles.